The first-order valence-electron chi connectivity index (χ1n) is 7.38. The van der Waals surface area contributed by atoms with Crippen molar-refractivity contribution in [1.82, 2.24) is 10.3 Å². The number of benzene rings is 1. The van der Waals surface area contributed by atoms with Crippen LogP contribution in [0.5, 0.6) is 0 Å². The normalized spacial score (nSPS) is 17.7. The molecule has 1 aromatic heterocycles. The van der Waals surface area contributed by atoms with Gasteiger partial charge in [0.1, 0.15) is 10.8 Å². The number of aliphatic hydroxyl groups excluding tert-OH is 1. The Labute approximate surface area is 127 Å². The van der Waals surface area contributed by atoms with Crippen molar-refractivity contribution in [1.29, 1.82) is 0 Å². The summed E-state index contributed by atoms with van der Waals surface area (Å²) in [5, 5.41) is 13.1. The third kappa shape index (κ3) is 3.15. The Hall–Kier alpha value is -1.30. The quantitative estimate of drug-likeness (QED) is 0.833. The first-order chi connectivity index (χ1) is 10.3. The molecule has 0 amide bonds. The average molecular weight is 306 g/mol. The van der Waals surface area contributed by atoms with Crippen molar-refractivity contribution in [3.05, 3.63) is 40.7 Å². The fourth-order valence-corrected chi connectivity index (χ4v) is 3.97. The van der Waals surface area contributed by atoms with E-state index in [4.69, 9.17) is 5.11 Å². The van der Waals surface area contributed by atoms with Crippen molar-refractivity contribution < 1.29 is 9.50 Å². The van der Waals surface area contributed by atoms with Crippen molar-refractivity contribution in [2.24, 2.45) is 0 Å². The summed E-state index contributed by atoms with van der Waals surface area (Å²) in [6.45, 7) is 1.00. The highest BCUT2D eigenvalue weighted by Crippen LogP contribution is 2.38. The molecule has 21 heavy (non-hydrogen) atoms. The predicted octanol–water partition coefficient (Wildman–Crippen LogP) is 3.30. The van der Waals surface area contributed by atoms with Gasteiger partial charge in [0, 0.05) is 23.1 Å². The van der Waals surface area contributed by atoms with Crippen LogP contribution >= 0.6 is 11.3 Å². The number of thiazole rings is 1. The molecule has 3 nitrogen and oxygen atoms in total. The topological polar surface area (TPSA) is 45.1 Å². The molecular formula is C16H19FN2OS. The van der Waals surface area contributed by atoms with Gasteiger partial charge >= 0.3 is 0 Å². The maximum absolute atomic E-state index is 13.9. The van der Waals surface area contributed by atoms with Crippen LogP contribution in [0.3, 0.4) is 0 Å². The zero-order valence-electron chi connectivity index (χ0n) is 11.8. The second kappa shape index (κ2) is 6.64. The second-order valence-corrected chi connectivity index (χ2v) is 6.32. The molecule has 1 heterocycles. The summed E-state index contributed by atoms with van der Waals surface area (Å²) in [4.78, 5) is 5.88. The summed E-state index contributed by atoms with van der Waals surface area (Å²) in [6.07, 6.45) is 3.91. The molecule has 0 radical (unpaired) electrons. The number of aromatic nitrogens is 1. The Bertz CT molecular complexity index is 614. The molecule has 1 atom stereocenters. The van der Waals surface area contributed by atoms with Crippen molar-refractivity contribution >= 4 is 11.3 Å². The summed E-state index contributed by atoms with van der Waals surface area (Å²) >= 11 is 1.59. The van der Waals surface area contributed by atoms with Gasteiger partial charge in [-0.1, -0.05) is 12.1 Å². The van der Waals surface area contributed by atoms with Gasteiger partial charge in [-0.2, -0.15) is 0 Å². The van der Waals surface area contributed by atoms with Gasteiger partial charge in [0.25, 0.3) is 0 Å². The van der Waals surface area contributed by atoms with Crippen LogP contribution in [-0.4, -0.2) is 23.2 Å². The maximum Gasteiger partial charge on any atom is 0.133 e. The molecule has 1 aliphatic rings. The second-order valence-electron chi connectivity index (χ2n) is 5.29. The lowest BCUT2D eigenvalue weighted by Crippen LogP contribution is -2.25. The van der Waals surface area contributed by atoms with Crippen LogP contribution < -0.4 is 5.32 Å². The lowest BCUT2D eigenvalue weighted by molar-refractivity contribution is 0.282. The van der Waals surface area contributed by atoms with Crippen LogP contribution in [0.4, 0.5) is 4.39 Å². The van der Waals surface area contributed by atoms with Crippen molar-refractivity contribution in [2.45, 2.75) is 31.7 Å². The standard InChI is InChI=1S/C16H19FN2OS/c17-12-6-2-1-5-11(12)16-19-14-8-3-7-13(15(14)21-16)18-9-4-10-20/h1-2,5-6,13,18,20H,3-4,7-10H2. The van der Waals surface area contributed by atoms with Gasteiger partial charge in [-0.3, -0.25) is 0 Å². The molecule has 112 valence electrons. The maximum atomic E-state index is 13.9. The van der Waals surface area contributed by atoms with E-state index in [1.54, 1.807) is 23.5 Å². The smallest absolute Gasteiger partial charge is 0.133 e. The number of rotatable bonds is 5. The lowest BCUT2D eigenvalue weighted by atomic mass is 9.98. The predicted molar refractivity (Wildman–Crippen MR) is 82.9 cm³/mol. The molecule has 2 aromatic rings. The molecule has 1 aromatic carbocycles. The van der Waals surface area contributed by atoms with Crippen LogP contribution in [0.1, 0.15) is 35.9 Å². The first-order valence-corrected chi connectivity index (χ1v) is 8.20. The Kier molecular flexibility index (Phi) is 4.63. The number of aliphatic hydroxyl groups is 1. The molecule has 0 saturated heterocycles. The number of nitrogens with one attached hydrogen (secondary N) is 1. The van der Waals surface area contributed by atoms with Crippen LogP contribution in [0, 0.1) is 5.82 Å². The van der Waals surface area contributed by atoms with Crippen LogP contribution in [-0.2, 0) is 6.42 Å². The fourth-order valence-electron chi connectivity index (χ4n) is 2.72. The van der Waals surface area contributed by atoms with E-state index in [-0.39, 0.29) is 12.4 Å². The number of hydrogen-bond acceptors (Lipinski definition) is 4. The van der Waals surface area contributed by atoms with Gasteiger partial charge in [0.05, 0.1) is 5.69 Å². The van der Waals surface area contributed by atoms with Crippen molar-refractivity contribution in [3.63, 3.8) is 0 Å². The number of fused-ring (bicyclic) bond motifs is 1. The summed E-state index contributed by atoms with van der Waals surface area (Å²) in [7, 11) is 0. The van der Waals surface area contributed by atoms with E-state index < -0.39 is 0 Å². The molecule has 0 aliphatic heterocycles. The Morgan fingerprint density at radius 2 is 2.24 bits per heavy atom. The third-order valence-electron chi connectivity index (χ3n) is 3.78. The van der Waals surface area contributed by atoms with E-state index in [1.165, 1.54) is 10.9 Å². The molecule has 1 aliphatic carbocycles. The van der Waals surface area contributed by atoms with E-state index in [2.05, 4.69) is 10.3 Å². The van der Waals surface area contributed by atoms with E-state index in [1.807, 2.05) is 6.07 Å². The Morgan fingerprint density at radius 3 is 3.05 bits per heavy atom. The zero-order valence-corrected chi connectivity index (χ0v) is 12.6. The highest BCUT2D eigenvalue weighted by Gasteiger charge is 2.25. The van der Waals surface area contributed by atoms with Crippen LogP contribution in [0.15, 0.2) is 24.3 Å². The molecule has 3 rings (SSSR count). The minimum absolute atomic E-state index is 0.204. The molecule has 1 unspecified atom stereocenters. The molecule has 2 N–H and O–H groups in total. The summed E-state index contributed by atoms with van der Waals surface area (Å²) in [5.41, 5.74) is 1.69. The van der Waals surface area contributed by atoms with Crippen LogP contribution in [0.25, 0.3) is 10.6 Å². The number of aryl methyl sites for hydroxylation is 1. The number of halogens is 1. The van der Waals surface area contributed by atoms with Gasteiger partial charge in [-0.05, 0) is 44.4 Å². The fraction of sp³-hybridized carbons (Fsp3) is 0.438. The highest BCUT2D eigenvalue weighted by atomic mass is 32.1. The molecule has 0 spiro atoms. The summed E-state index contributed by atoms with van der Waals surface area (Å²) in [5.74, 6) is -0.214. The zero-order chi connectivity index (χ0) is 14.7. The summed E-state index contributed by atoms with van der Waals surface area (Å²) in [6, 6.07) is 7.10. The molecule has 0 fully saturated rings. The van der Waals surface area contributed by atoms with E-state index >= 15 is 0 Å². The Balaban J connectivity index is 1.86. The van der Waals surface area contributed by atoms with E-state index in [0.29, 0.717) is 11.6 Å². The number of nitrogens with zero attached hydrogens (tertiary/aromatic N) is 1. The first kappa shape index (κ1) is 14.6. The Morgan fingerprint density at radius 1 is 1.38 bits per heavy atom. The molecule has 5 heteroatoms. The van der Waals surface area contributed by atoms with E-state index in [0.717, 1.165) is 42.9 Å². The molecule has 0 saturated carbocycles. The molecular weight excluding hydrogens is 287 g/mol. The van der Waals surface area contributed by atoms with Gasteiger partial charge in [0.2, 0.25) is 0 Å². The van der Waals surface area contributed by atoms with Gasteiger partial charge < -0.3 is 10.4 Å². The third-order valence-corrected chi connectivity index (χ3v) is 5.02. The minimum atomic E-state index is -0.214. The van der Waals surface area contributed by atoms with Crippen LogP contribution in [0.2, 0.25) is 0 Å². The SMILES string of the molecule is OCCCNC1CCCc2nc(-c3ccccc3F)sc21. The largest absolute Gasteiger partial charge is 0.396 e. The van der Waals surface area contributed by atoms with Gasteiger partial charge in [-0.25, -0.2) is 9.37 Å². The van der Waals surface area contributed by atoms with Crippen molar-refractivity contribution in [3.8, 4) is 10.6 Å². The molecule has 0 bridgehead atoms. The van der Waals surface area contributed by atoms with Gasteiger partial charge in [0.15, 0.2) is 0 Å². The summed E-state index contributed by atoms with van der Waals surface area (Å²) < 4.78 is 13.9. The number of hydrogen-bond donors (Lipinski definition) is 2. The van der Waals surface area contributed by atoms with Crippen molar-refractivity contribution in [2.75, 3.05) is 13.2 Å². The highest BCUT2D eigenvalue weighted by molar-refractivity contribution is 7.15. The monoisotopic (exact) mass is 306 g/mol. The minimum Gasteiger partial charge on any atom is -0.396 e. The average Bonchev–Trinajstić information content (AvgIpc) is 2.92. The van der Waals surface area contributed by atoms with Gasteiger partial charge in [-0.15, -0.1) is 11.3 Å². The van der Waals surface area contributed by atoms with E-state index in [9.17, 15) is 4.39 Å². The lowest BCUT2D eigenvalue weighted by Gasteiger charge is -2.22.